The van der Waals surface area contributed by atoms with Crippen LogP contribution in [0.2, 0.25) is 0 Å². The van der Waals surface area contributed by atoms with Crippen molar-refractivity contribution in [3.8, 4) is 11.5 Å². The molecule has 4 rings (SSSR count). The van der Waals surface area contributed by atoms with Gasteiger partial charge in [0.15, 0.2) is 11.5 Å². The van der Waals surface area contributed by atoms with Crippen molar-refractivity contribution < 1.29 is 14.6 Å². The molecule has 4 heteroatoms. The van der Waals surface area contributed by atoms with Gasteiger partial charge in [0.1, 0.15) is 6.10 Å². The van der Waals surface area contributed by atoms with Crippen LogP contribution in [0.5, 0.6) is 11.5 Å². The molecule has 2 aliphatic heterocycles. The van der Waals surface area contributed by atoms with E-state index in [1.54, 1.807) is 7.11 Å². The first-order valence-electron chi connectivity index (χ1n) is 7.50. The van der Waals surface area contributed by atoms with E-state index in [-0.39, 0.29) is 17.6 Å². The van der Waals surface area contributed by atoms with Crippen molar-refractivity contribution in [3.63, 3.8) is 0 Å². The topological polar surface area (TPSA) is 50.7 Å². The van der Waals surface area contributed by atoms with Crippen LogP contribution >= 0.6 is 0 Å². The van der Waals surface area contributed by atoms with E-state index in [4.69, 9.17) is 9.47 Å². The van der Waals surface area contributed by atoms with E-state index in [1.807, 2.05) is 6.07 Å². The standard InChI is InChI=1S/C16H21NO3/c1-19-12-3-2-10-5-7-17-9-16-6-4-11(18)8-13(16)20-15(12)14(10)16/h2-3,11,13,17-18H,4-9H2,1H3/t11-,13-,16-/m1/s1. The molecule has 3 atom stereocenters. The Bertz CT molecular complexity index is 545. The number of hydrogen-bond donors (Lipinski definition) is 2. The lowest BCUT2D eigenvalue weighted by Gasteiger charge is -2.39. The lowest BCUT2D eigenvalue weighted by atomic mass is 9.67. The van der Waals surface area contributed by atoms with Gasteiger partial charge < -0.3 is 19.9 Å². The largest absolute Gasteiger partial charge is 0.493 e. The summed E-state index contributed by atoms with van der Waals surface area (Å²) in [6.07, 6.45) is 3.43. The number of nitrogens with one attached hydrogen (secondary N) is 1. The number of hydrogen-bond acceptors (Lipinski definition) is 4. The minimum Gasteiger partial charge on any atom is -0.493 e. The fourth-order valence-corrected chi connectivity index (χ4v) is 4.23. The molecule has 0 unspecified atom stereocenters. The van der Waals surface area contributed by atoms with Crippen LogP contribution in [0.4, 0.5) is 0 Å². The van der Waals surface area contributed by atoms with Crippen LogP contribution in [0.1, 0.15) is 30.4 Å². The normalized spacial score (nSPS) is 34.7. The summed E-state index contributed by atoms with van der Waals surface area (Å²) < 4.78 is 11.7. The summed E-state index contributed by atoms with van der Waals surface area (Å²) in [6, 6.07) is 4.20. The van der Waals surface area contributed by atoms with E-state index in [0.717, 1.165) is 50.3 Å². The number of aliphatic hydroxyl groups is 1. The highest BCUT2D eigenvalue weighted by atomic mass is 16.5. The molecule has 1 spiro atoms. The van der Waals surface area contributed by atoms with E-state index in [2.05, 4.69) is 11.4 Å². The maximum atomic E-state index is 10.00. The van der Waals surface area contributed by atoms with Crippen LogP contribution in [-0.4, -0.2) is 37.5 Å². The summed E-state index contributed by atoms with van der Waals surface area (Å²) in [5, 5.41) is 13.6. The highest BCUT2D eigenvalue weighted by Gasteiger charge is 2.54. The third-order valence-electron chi connectivity index (χ3n) is 5.22. The zero-order valence-corrected chi connectivity index (χ0v) is 11.8. The van der Waals surface area contributed by atoms with E-state index >= 15 is 0 Å². The fraction of sp³-hybridized carbons (Fsp3) is 0.625. The molecule has 20 heavy (non-hydrogen) atoms. The van der Waals surface area contributed by atoms with Crippen LogP contribution in [0.3, 0.4) is 0 Å². The second kappa shape index (κ2) is 4.37. The van der Waals surface area contributed by atoms with Gasteiger partial charge in [-0.2, -0.15) is 0 Å². The smallest absolute Gasteiger partial charge is 0.165 e. The van der Waals surface area contributed by atoms with Crippen molar-refractivity contribution in [2.45, 2.75) is 43.3 Å². The van der Waals surface area contributed by atoms with E-state index in [9.17, 15) is 5.11 Å². The molecule has 3 aliphatic rings. The number of rotatable bonds is 1. The highest BCUT2D eigenvalue weighted by Crippen LogP contribution is 2.55. The first-order chi connectivity index (χ1) is 9.74. The number of methoxy groups -OCH3 is 1. The molecule has 0 bridgehead atoms. The Labute approximate surface area is 119 Å². The highest BCUT2D eigenvalue weighted by molar-refractivity contribution is 5.59. The first-order valence-corrected chi connectivity index (χ1v) is 7.50. The van der Waals surface area contributed by atoms with Gasteiger partial charge in [0, 0.05) is 23.9 Å². The van der Waals surface area contributed by atoms with Crippen LogP contribution in [0.15, 0.2) is 12.1 Å². The van der Waals surface area contributed by atoms with Crippen molar-refractivity contribution >= 4 is 0 Å². The minimum atomic E-state index is -0.238. The molecule has 0 saturated heterocycles. The van der Waals surface area contributed by atoms with Crippen molar-refractivity contribution in [2.75, 3.05) is 20.2 Å². The predicted molar refractivity (Wildman–Crippen MR) is 75.5 cm³/mol. The van der Waals surface area contributed by atoms with Gasteiger partial charge in [-0.15, -0.1) is 0 Å². The Kier molecular flexibility index (Phi) is 2.72. The molecule has 1 aromatic carbocycles. The molecule has 2 N–H and O–H groups in total. The van der Waals surface area contributed by atoms with Crippen LogP contribution < -0.4 is 14.8 Å². The molecule has 2 heterocycles. The molecule has 108 valence electrons. The Morgan fingerprint density at radius 1 is 1.45 bits per heavy atom. The monoisotopic (exact) mass is 275 g/mol. The molecule has 0 radical (unpaired) electrons. The van der Waals surface area contributed by atoms with Gasteiger partial charge in [0.2, 0.25) is 0 Å². The third-order valence-corrected chi connectivity index (χ3v) is 5.22. The molecule has 1 saturated carbocycles. The summed E-state index contributed by atoms with van der Waals surface area (Å²) in [6.45, 7) is 1.95. The molecule has 4 nitrogen and oxygen atoms in total. The summed E-state index contributed by atoms with van der Waals surface area (Å²) in [7, 11) is 1.69. The van der Waals surface area contributed by atoms with Gasteiger partial charge in [-0.3, -0.25) is 0 Å². The second-order valence-electron chi connectivity index (χ2n) is 6.25. The molecule has 1 aromatic rings. The summed E-state index contributed by atoms with van der Waals surface area (Å²) in [5.41, 5.74) is 2.75. The molecule has 0 amide bonds. The summed E-state index contributed by atoms with van der Waals surface area (Å²) in [4.78, 5) is 0. The van der Waals surface area contributed by atoms with Crippen molar-refractivity contribution in [1.82, 2.24) is 5.32 Å². The Morgan fingerprint density at radius 2 is 2.35 bits per heavy atom. The fourth-order valence-electron chi connectivity index (χ4n) is 4.23. The average molecular weight is 275 g/mol. The lowest BCUT2D eigenvalue weighted by molar-refractivity contribution is 0.0174. The van der Waals surface area contributed by atoms with Crippen LogP contribution in [-0.2, 0) is 11.8 Å². The molecule has 1 aliphatic carbocycles. The van der Waals surface area contributed by atoms with Crippen LogP contribution in [0.25, 0.3) is 0 Å². The van der Waals surface area contributed by atoms with E-state index < -0.39 is 0 Å². The van der Waals surface area contributed by atoms with Gasteiger partial charge in [0.25, 0.3) is 0 Å². The second-order valence-corrected chi connectivity index (χ2v) is 6.25. The van der Waals surface area contributed by atoms with Crippen molar-refractivity contribution in [1.29, 1.82) is 0 Å². The zero-order valence-electron chi connectivity index (χ0n) is 11.8. The van der Waals surface area contributed by atoms with Crippen LogP contribution in [0, 0.1) is 0 Å². The molecule has 1 fully saturated rings. The summed E-state index contributed by atoms with van der Waals surface area (Å²) >= 11 is 0. The minimum absolute atomic E-state index is 0.0228. The Balaban J connectivity index is 1.91. The maximum Gasteiger partial charge on any atom is 0.165 e. The maximum absolute atomic E-state index is 10.00. The van der Waals surface area contributed by atoms with Crippen molar-refractivity contribution in [2.24, 2.45) is 0 Å². The molecular formula is C16H21NO3. The number of aliphatic hydroxyl groups excluding tert-OH is 1. The first kappa shape index (κ1) is 12.5. The number of benzene rings is 1. The predicted octanol–water partition coefficient (Wildman–Crippen LogP) is 1.38. The Morgan fingerprint density at radius 3 is 3.20 bits per heavy atom. The Hall–Kier alpha value is -1.26. The average Bonchev–Trinajstić information content (AvgIpc) is 2.66. The van der Waals surface area contributed by atoms with Gasteiger partial charge in [-0.1, -0.05) is 6.07 Å². The number of ether oxygens (including phenoxy) is 2. The van der Waals surface area contributed by atoms with Gasteiger partial charge >= 0.3 is 0 Å². The zero-order chi connectivity index (χ0) is 13.7. The molecule has 0 aromatic heterocycles. The van der Waals surface area contributed by atoms with E-state index in [0.29, 0.717) is 0 Å². The summed E-state index contributed by atoms with van der Waals surface area (Å²) in [5.74, 6) is 1.75. The lowest BCUT2D eigenvalue weighted by Crippen LogP contribution is -2.50. The quantitative estimate of drug-likeness (QED) is 0.813. The van der Waals surface area contributed by atoms with Crippen molar-refractivity contribution in [3.05, 3.63) is 23.3 Å². The van der Waals surface area contributed by atoms with E-state index in [1.165, 1.54) is 11.1 Å². The SMILES string of the molecule is COc1ccc2c3c1O[C@@H]1C[C@H](O)CC[C@]31CNCC2. The molecular weight excluding hydrogens is 254 g/mol. The van der Waals surface area contributed by atoms with Gasteiger partial charge in [0.05, 0.1) is 13.2 Å². The van der Waals surface area contributed by atoms with Gasteiger partial charge in [-0.25, -0.2) is 0 Å². The third kappa shape index (κ3) is 1.55. The van der Waals surface area contributed by atoms with Gasteiger partial charge in [-0.05, 0) is 37.4 Å².